The molecule has 1 aromatic heterocycles. The van der Waals surface area contributed by atoms with Gasteiger partial charge in [-0.3, -0.25) is 4.79 Å². The summed E-state index contributed by atoms with van der Waals surface area (Å²) in [5.41, 5.74) is 2.49. The average molecular weight is 436 g/mol. The molecule has 1 aliphatic heterocycles. The molecule has 2 aromatic carbocycles. The molecule has 0 radical (unpaired) electrons. The summed E-state index contributed by atoms with van der Waals surface area (Å²) in [6.45, 7) is 6.11. The Kier molecular flexibility index (Phi) is 7.43. The molecule has 5 nitrogen and oxygen atoms in total. The van der Waals surface area contributed by atoms with E-state index in [1.165, 1.54) is 30.8 Å². The summed E-state index contributed by atoms with van der Waals surface area (Å²) in [4.78, 5) is 20.8. The first-order valence-corrected chi connectivity index (χ1v) is 11.9. The van der Waals surface area contributed by atoms with E-state index < -0.39 is 0 Å². The van der Waals surface area contributed by atoms with E-state index in [0.29, 0.717) is 18.0 Å². The van der Waals surface area contributed by atoms with Crippen LogP contribution < -0.4 is 5.32 Å². The van der Waals surface area contributed by atoms with Crippen molar-refractivity contribution in [1.82, 2.24) is 15.2 Å². The summed E-state index contributed by atoms with van der Waals surface area (Å²) in [6.07, 6.45) is 3.59. The lowest BCUT2D eigenvalue weighted by atomic mass is 10.1. The molecule has 2 heterocycles. The van der Waals surface area contributed by atoms with Crippen LogP contribution in [-0.2, 0) is 5.75 Å². The number of nitrogens with one attached hydrogen (secondary N) is 1. The maximum Gasteiger partial charge on any atom is 0.251 e. The van der Waals surface area contributed by atoms with Crippen molar-refractivity contribution in [3.05, 3.63) is 71.6 Å². The molecule has 1 amide bonds. The zero-order chi connectivity index (χ0) is 21.5. The van der Waals surface area contributed by atoms with Gasteiger partial charge in [-0.05, 0) is 82.2 Å². The maximum atomic E-state index is 12.4. The van der Waals surface area contributed by atoms with Crippen LogP contribution in [0.15, 0.2) is 63.9 Å². The van der Waals surface area contributed by atoms with Gasteiger partial charge in [0.15, 0.2) is 0 Å². The van der Waals surface area contributed by atoms with Gasteiger partial charge in [0.2, 0.25) is 5.89 Å². The zero-order valence-corrected chi connectivity index (χ0v) is 18.8. The highest BCUT2D eigenvalue weighted by atomic mass is 32.2. The van der Waals surface area contributed by atoms with Crippen LogP contribution in [0.1, 0.15) is 41.1 Å². The fourth-order valence-electron chi connectivity index (χ4n) is 3.73. The van der Waals surface area contributed by atoms with Crippen LogP contribution in [0.5, 0.6) is 0 Å². The largest absolute Gasteiger partial charge is 0.441 e. The van der Waals surface area contributed by atoms with Gasteiger partial charge in [-0.2, -0.15) is 0 Å². The minimum absolute atomic E-state index is 0.0310. The quantitative estimate of drug-likeness (QED) is 0.372. The Bertz CT molecular complexity index is 980. The van der Waals surface area contributed by atoms with Crippen molar-refractivity contribution < 1.29 is 9.21 Å². The van der Waals surface area contributed by atoms with E-state index in [2.05, 4.69) is 27.3 Å². The monoisotopic (exact) mass is 435 g/mol. The van der Waals surface area contributed by atoms with Gasteiger partial charge in [0.1, 0.15) is 5.76 Å². The van der Waals surface area contributed by atoms with Crippen molar-refractivity contribution in [2.75, 3.05) is 26.2 Å². The lowest BCUT2D eigenvalue weighted by Crippen LogP contribution is -2.28. The van der Waals surface area contributed by atoms with Gasteiger partial charge >= 0.3 is 0 Å². The molecule has 0 atom stereocenters. The number of hydrogen-bond acceptors (Lipinski definition) is 5. The molecule has 162 valence electrons. The second kappa shape index (κ2) is 10.6. The highest BCUT2D eigenvalue weighted by molar-refractivity contribution is 7.98. The standard InChI is InChI=1S/C25H29N3O2S/c1-19-23(18-31-22-8-3-2-4-9-22)27-25(30-19)21-12-10-20(11-13-21)24(29)26-14-7-17-28-15-5-6-16-28/h2-4,8-13H,5-7,14-18H2,1H3,(H,26,29). The fraction of sp³-hybridized carbons (Fsp3) is 0.360. The number of amides is 1. The van der Waals surface area contributed by atoms with Crippen LogP contribution in [0.3, 0.4) is 0 Å². The van der Waals surface area contributed by atoms with Crippen molar-refractivity contribution in [1.29, 1.82) is 0 Å². The summed E-state index contributed by atoms with van der Waals surface area (Å²) in [5, 5.41) is 3.02. The second-order valence-electron chi connectivity index (χ2n) is 7.86. The van der Waals surface area contributed by atoms with Crippen molar-refractivity contribution in [3.8, 4) is 11.5 Å². The highest BCUT2D eigenvalue weighted by Gasteiger charge is 2.14. The van der Waals surface area contributed by atoms with Crippen LogP contribution >= 0.6 is 11.8 Å². The topological polar surface area (TPSA) is 58.4 Å². The van der Waals surface area contributed by atoms with Gasteiger partial charge in [-0.1, -0.05) is 18.2 Å². The molecular formula is C25H29N3O2S. The predicted octanol–water partition coefficient (Wildman–Crippen LogP) is 5.16. The van der Waals surface area contributed by atoms with Gasteiger partial charge in [-0.25, -0.2) is 4.98 Å². The van der Waals surface area contributed by atoms with E-state index in [-0.39, 0.29) is 5.91 Å². The molecule has 0 aliphatic carbocycles. The number of likely N-dealkylation sites (tertiary alicyclic amines) is 1. The lowest BCUT2D eigenvalue weighted by molar-refractivity contribution is 0.0952. The van der Waals surface area contributed by atoms with Crippen molar-refractivity contribution in [2.45, 2.75) is 36.8 Å². The number of benzene rings is 2. The molecule has 3 aromatic rings. The molecule has 4 rings (SSSR count). The van der Waals surface area contributed by atoms with Crippen LogP contribution in [0.4, 0.5) is 0 Å². The van der Waals surface area contributed by atoms with Crippen molar-refractivity contribution in [2.24, 2.45) is 0 Å². The lowest BCUT2D eigenvalue weighted by Gasteiger charge is -2.14. The third-order valence-corrected chi connectivity index (χ3v) is 6.56. The van der Waals surface area contributed by atoms with E-state index in [1.807, 2.05) is 49.4 Å². The number of aromatic nitrogens is 1. The van der Waals surface area contributed by atoms with Crippen LogP contribution in [0, 0.1) is 6.92 Å². The number of carbonyl (C=O) groups excluding carboxylic acids is 1. The van der Waals surface area contributed by atoms with Gasteiger partial charge < -0.3 is 14.6 Å². The minimum Gasteiger partial charge on any atom is -0.441 e. The molecule has 0 spiro atoms. The number of thioether (sulfide) groups is 1. The molecule has 1 aliphatic rings. The molecule has 0 unspecified atom stereocenters. The molecule has 0 saturated carbocycles. The molecule has 1 saturated heterocycles. The van der Waals surface area contributed by atoms with Crippen LogP contribution in [-0.4, -0.2) is 42.0 Å². The fourth-order valence-corrected chi connectivity index (χ4v) is 4.65. The van der Waals surface area contributed by atoms with Crippen molar-refractivity contribution in [3.63, 3.8) is 0 Å². The van der Waals surface area contributed by atoms with E-state index in [1.54, 1.807) is 11.8 Å². The molecule has 1 fully saturated rings. The number of carbonyl (C=O) groups is 1. The Morgan fingerprint density at radius 3 is 2.58 bits per heavy atom. The average Bonchev–Trinajstić information content (AvgIpc) is 3.46. The van der Waals surface area contributed by atoms with Crippen LogP contribution in [0.25, 0.3) is 11.5 Å². The normalized spacial score (nSPS) is 14.1. The summed E-state index contributed by atoms with van der Waals surface area (Å²) in [7, 11) is 0. The van der Waals surface area contributed by atoms with E-state index >= 15 is 0 Å². The van der Waals surface area contributed by atoms with Crippen molar-refractivity contribution >= 4 is 17.7 Å². The first kappa shape index (κ1) is 21.7. The van der Waals surface area contributed by atoms with Gasteiger partial charge in [0, 0.05) is 28.3 Å². The highest BCUT2D eigenvalue weighted by Crippen LogP contribution is 2.27. The smallest absolute Gasteiger partial charge is 0.251 e. The van der Waals surface area contributed by atoms with Crippen LogP contribution in [0.2, 0.25) is 0 Å². The number of nitrogens with zero attached hydrogens (tertiary/aromatic N) is 2. The zero-order valence-electron chi connectivity index (χ0n) is 18.0. The Hall–Kier alpha value is -2.57. The molecule has 1 N–H and O–H groups in total. The van der Waals surface area contributed by atoms with E-state index in [0.717, 1.165) is 35.7 Å². The molecule has 31 heavy (non-hydrogen) atoms. The number of hydrogen-bond donors (Lipinski definition) is 1. The van der Waals surface area contributed by atoms with Gasteiger partial charge in [0.05, 0.1) is 5.69 Å². The maximum absolute atomic E-state index is 12.4. The minimum atomic E-state index is -0.0310. The summed E-state index contributed by atoms with van der Waals surface area (Å²) in [6, 6.07) is 17.8. The number of aryl methyl sites for hydroxylation is 1. The molecule has 6 heteroatoms. The Labute approximate surface area is 188 Å². The summed E-state index contributed by atoms with van der Waals surface area (Å²) in [5.74, 6) is 2.16. The SMILES string of the molecule is Cc1oc(-c2ccc(C(=O)NCCCN3CCCC3)cc2)nc1CSc1ccccc1. The first-order chi connectivity index (χ1) is 15.2. The molecule has 0 bridgehead atoms. The Balaban J connectivity index is 1.29. The third-order valence-electron chi connectivity index (χ3n) is 5.54. The molecular weight excluding hydrogens is 406 g/mol. The van der Waals surface area contributed by atoms with E-state index in [9.17, 15) is 4.79 Å². The Morgan fingerprint density at radius 1 is 1.10 bits per heavy atom. The summed E-state index contributed by atoms with van der Waals surface area (Å²) >= 11 is 1.74. The third kappa shape index (κ3) is 5.99. The summed E-state index contributed by atoms with van der Waals surface area (Å²) < 4.78 is 5.89. The number of oxazole rings is 1. The second-order valence-corrected chi connectivity index (χ2v) is 8.91. The van der Waals surface area contributed by atoms with Gasteiger partial charge in [0.25, 0.3) is 5.91 Å². The Morgan fingerprint density at radius 2 is 1.84 bits per heavy atom. The number of rotatable bonds is 9. The van der Waals surface area contributed by atoms with E-state index in [4.69, 9.17) is 4.42 Å². The predicted molar refractivity (Wildman–Crippen MR) is 125 cm³/mol. The first-order valence-electron chi connectivity index (χ1n) is 10.9. The van der Waals surface area contributed by atoms with Gasteiger partial charge in [-0.15, -0.1) is 11.8 Å².